The number of hydrogen-bond acceptors (Lipinski definition) is 4. The monoisotopic (exact) mass is 287 g/mol. The Bertz CT molecular complexity index is 717. The molecule has 2 aromatic heterocycles. The molecule has 0 amide bonds. The fraction of sp³-hybridized carbons (Fsp3) is 0.267. The highest BCUT2D eigenvalue weighted by molar-refractivity contribution is 7.99. The van der Waals surface area contributed by atoms with Gasteiger partial charge in [0.15, 0.2) is 10.2 Å². The zero-order valence-electron chi connectivity index (χ0n) is 11.3. The summed E-state index contributed by atoms with van der Waals surface area (Å²) in [4.78, 5) is 7.86. The van der Waals surface area contributed by atoms with Gasteiger partial charge in [0.1, 0.15) is 5.76 Å². The normalized spacial score (nSPS) is 11.3. The molecule has 5 heteroatoms. The SMILES string of the molecule is Cc1ccc2nc(Sc3ccc(CCCN)o3)[nH]c2c1. The molecule has 0 unspecified atom stereocenters. The van der Waals surface area contributed by atoms with E-state index in [0.717, 1.165) is 39.9 Å². The van der Waals surface area contributed by atoms with Crippen LogP contribution in [0.15, 0.2) is 45.0 Å². The highest BCUT2D eigenvalue weighted by Gasteiger charge is 2.08. The minimum Gasteiger partial charge on any atom is -0.454 e. The number of rotatable bonds is 5. The number of nitrogens with two attached hydrogens (primary N) is 1. The summed E-state index contributed by atoms with van der Waals surface area (Å²) < 4.78 is 5.76. The molecular formula is C15H17N3OS. The van der Waals surface area contributed by atoms with E-state index in [1.54, 1.807) is 0 Å². The van der Waals surface area contributed by atoms with Gasteiger partial charge >= 0.3 is 0 Å². The van der Waals surface area contributed by atoms with Crippen molar-refractivity contribution in [1.82, 2.24) is 9.97 Å². The number of aryl methyl sites for hydroxylation is 2. The summed E-state index contributed by atoms with van der Waals surface area (Å²) in [6.07, 6.45) is 1.83. The smallest absolute Gasteiger partial charge is 0.174 e. The van der Waals surface area contributed by atoms with Crippen molar-refractivity contribution in [2.24, 2.45) is 5.73 Å². The fourth-order valence-corrected chi connectivity index (χ4v) is 2.85. The van der Waals surface area contributed by atoms with Crippen molar-refractivity contribution in [3.8, 4) is 0 Å². The first-order chi connectivity index (χ1) is 9.74. The summed E-state index contributed by atoms with van der Waals surface area (Å²) in [7, 11) is 0. The van der Waals surface area contributed by atoms with Crippen molar-refractivity contribution in [1.29, 1.82) is 0 Å². The molecule has 0 aliphatic rings. The van der Waals surface area contributed by atoms with E-state index < -0.39 is 0 Å². The van der Waals surface area contributed by atoms with Crippen LogP contribution in [0.3, 0.4) is 0 Å². The van der Waals surface area contributed by atoms with Crippen LogP contribution in [0.1, 0.15) is 17.7 Å². The van der Waals surface area contributed by atoms with E-state index in [2.05, 4.69) is 29.0 Å². The van der Waals surface area contributed by atoms with E-state index in [9.17, 15) is 0 Å². The largest absolute Gasteiger partial charge is 0.454 e. The van der Waals surface area contributed by atoms with Gasteiger partial charge in [-0.2, -0.15) is 0 Å². The average Bonchev–Trinajstić information content (AvgIpc) is 3.02. The van der Waals surface area contributed by atoms with E-state index in [1.165, 1.54) is 17.3 Å². The van der Waals surface area contributed by atoms with E-state index in [4.69, 9.17) is 10.2 Å². The molecule has 3 aromatic rings. The predicted octanol–water partition coefficient (Wildman–Crippen LogP) is 3.51. The van der Waals surface area contributed by atoms with Crippen molar-refractivity contribution >= 4 is 22.8 Å². The molecule has 2 heterocycles. The summed E-state index contributed by atoms with van der Waals surface area (Å²) in [5.74, 6) is 0.977. The number of furan rings is 1. The first-order valence-corrected chi connectivity index (χ1v) is 7.49. The lowest BCUT2D eigenvalue weighted by molar-refractivity contribution is 0.428. The lowest BCUT2D eigenvalue weighted by Gasteiger charge is -1.94. The predicted molar refractivity (Wildman–Crippen MR) is 81.0 cm³/mol. The molecule has 4 nitrogen and oxygen atoms in total. The Hall–Kier alpha value is -1.72. The fourth-order valence-electron chi connectivity index (χ4n) is 2.07. The number of aromatic nitrogens is 2. The molecule has 0 atom stereocenters. The third-order valence-corrected chi connectivity index (χ3v) is 3.88. The van der Waals surface area contributed by atoms with Crippen molar-refractivity contribution in [2.75, 3.05) is 6.54 Å². The van der Waals surface area contributed by atoms with Gasteiger partial charge in [-0.3, -0.25) is 0 Å². The van der Waals surface area contributed by atoms with Crippen LogP contribution in [0.5, 0.6) is 0 Å². The lowest BCUT2D eigenvalue weighted by atomic mass is 10.2. The summed E-state index contributed by atoms with van der Waals surface area (Å²) >= 11 is 1.51. The van der Waals surface area contributed by atoms with Crippen LogP contribution in [-0.4, -0.2) is 16.5 Å². The van der Waals surface area contributed by atoms with Crippen molar-refractivity contribution in [2.45, 2.75) is 30.0 Å². The van der Waals surface area contributed by atoms with Gasteiger partial charge in [0.25, 0.3) is 0 Å². The van der Waals surface area contributed by atoms with Gasteiger partial charge in [0.05, 0.1) is 11.0 Å². The van der Waals surface area contributed by atoms with Gasteiger partial charge in [0, 0.05) is 6.42 Å². The Labute approximate surface area is 121 Å². The van der Waals surface area contributed by atoms with Crippen molar-refractivity contribution in [3.05, 3.63) is 41.7 Å². The summed E-state index contributed by atoms with van der Waals surface area (Å²) in [6.45, 7) is 2.76. The van der Waals surface area contributed by atoms with Crippen molar-refractivity contribution < 1.29 is 4.42 Å². The second-order valence-corrected chi connectivity index (χ2v) is 5.77. The maximum atomic E-state index is 5.76. The minimum atomic E-state index is 0.687. The Kier molecular flexibility index (Phi) is 3.80. The van der Waals surface area contributed by atoms with E-state index in [0.29, 0.717) is 6.54 Å². The number of nitrogens with one attached hydrogen (secondary N) is 1. The molecule has 3 rings (SSSR count). The lowest BCUT2D eigenvalue weighted by Crippen LogP contribution is -1.99. The highest BCUT2D eigenvalue weighted by atomic mass is 32.2. The molecule has 1 aromatic carbocycles. The molecule has 0 saturated heterocycles. The van der Waals surface area contributed by atoms with Crippen LogP contribution in [-0.2, 0) is 6.42 Å². The van der Waals surface area contributed by atoms with Crippen LogP contribution in [0.2, 0.25) is 0 Å². The van der Waals surface area contributed by atoms with Crippen LogP contribution in [0, 0.1) is 6.92 Å². The minimum absolute atomic E-state index is 0.687. The molecule has 3 N–H and O–H groups in total. The third kappa shape index (κ3) is 2.89. The number of nitrogens with zero attached hydrogens (tertiary/aromatic N) is 1. The second-order valence-electron chi connectivity index (χ2n) is 4.78. The van der Waals surface area contributed by atoms with Gasteiger partial charge in [0.2, 0.25) is 0 Å². The van der Waals surface area contributed by atoms with E-state index >= 15 is 0 Å². The second kappa shape index (κ2) is 5.73. The maximum absolute atomic E-state index is 5.76. The van der Waals surface area contributed by atoms with E-state index in [-0.39, 0.29) is 0 Å². The number of H-pyrrole nitrogens is 1. The van der Waals surface area contributed by atoms with Gasteiger partial charge in [-0.1, -0.05) is 6.07 Å². The number of imidazole rings is 1. The number of benzene rings is 1. The van der Waals surface area contributed by atoms with Crippen LogP contribution in [0.4, 0.5) is 0 Å². The summed E-state index contributed by atoms with van der Waals surface area (Å²) in [5, 5.41) is 1.71. The standard InChI is InChI=1S/C15H17N3OS/c1-10-4-6-12-13(9-10)18-15(17-12)20-14-7-5-11(19-14)3-2-8-16/h4-7,9H,2-3,8,16H2,1H3,(H,17,18). The Morgan fingerprint density at radius 2 is 2.20 bits per heavy atom. The van der Waals surface area contributed by atoms with Crippen LogP contribution in [0.25, 0.3) is 11.0 Å². The van der Waals surface area contributed by atoms with Crippen LogP contribution < -0.4 is 5.73 Å². The molecule has 0 aliphatic heterocycles. The molecule has 0 bridgehead atoms. The molecule has 20 heavy (non-hydrogen) atoms. The Morgan fingerprint density at radius 3 is 3.05 bits per heavy atom. The van der Waals surface area contributed by atoms with Gasteiger partial charge in [-0.05, 0) is 61.5 Å². The van der Waals surface area contributed by atoms with E-state index in [1.807, 2.05) is 18.2 Å². The molecule has 0 spiro atoms. The topological polar surface area (TPSA) is 67.8 Å². The molecular weight excluding hydrogens is 270 g/mol. The zero-order valence-corrected chi connectivity index (χ0v) is 12.2. The number of aromatic amines is 1. The highest BCUT2D eigenvalue weighted by Crippen LogP contribution is 2.29. The first-order valence-electron chi connectivity index (χ1n) is 6.67. The number of hydrogen-bond donors (Lipinski definition) is 2. The summed E-state index contributed by atoms with van der Waals surface area (Å²) in [6, 6.07) is 10.2. The zero-order chi connectivity index (χ0) is 13.9. The quantitative estimate of drug-likeness (QED) is 0.753. The van der Waals surface area contributed by atoms with Gasteiger partial charge in [-0.15, -0.1) is 0 Å². The molecule has 0 saturated carbocycles. The van der Waals surface area contributed by atoms with Gasteiger partial charge in [-0.25, -0.2) is 4.98 Å². The molecule has 0 aliphatic carbocycles. The first kappa shape index (κ1) is 13.3. The average molecular weight is 287 g/mol. The Morgan fingerprint density at radius 1 is 1.30 bits per heavy atom. The maximum Gasteiger partial charge on any atom is 0.174 e. The molecule has 0 fully saturated rings. The van der Waals surface area contributed by atoms with Crippen molar-refractivity contribution in [3.63, 3.8) is 0 Å². The van der Waals surface area contributed by atoms with Gasteiger partial charge < -0.3 is 15.1 Å². The van der Waals surface area contributed by atoms with Crippen LogP contribution >= 0.6 is 11.8 Å². The molecule has 0 radical (unpaired) electrons. The Balaban J connectivity index is 1.76. The third-order valence-electron chi connectivity index (χ3n) is 3.08. The summed E-state index contributed by atoms with van der Waals surface area (Å²) in [5.41, 5.74) is 8.76. The molecule has 104 valence electrons. The number of fused-ring (bicyclic) bond motifs is 1.